The summed E-state index contributed by atoms with van der Waals surface area (Å²) in [5, 5.41) is 5.58. The standard InChI is InChI=1S/C9H13N3O3S/c13-7-9(3-4-16(14,15)5-9)12-8(11-7)10-6-1-2-6/h6H,1-5H2,(H2,10,11,12,13). The topological polar surface area (TPSA) is 87.6 Å². The fourth-order valence-electron chi connectivity index (χ4n) is 2.12. The first kappa shape index (κ1) is 10.1. The Morgan fingerprint density at radius 1 is 1.38 bits per heavy atom. The number of amides is 1. The molecule has 1 spiro atoms. The van der Waals surface area contributed by atoms with E-state index in [1.807, 2.05) is 0 Å². The van der Waals surface area contributed by atoms with E-state index in [-0.39, 0.29) is 17.4 Å². The molecule has 16 heavy (non-hydrogen) atoms. The number of carbonyl (C=O) groups is 1. The Morgan fingerprint density at radius 2 is 2.12 bits per heavy atom. The number of nitrogens with one attached hydrogen (secondary N) is 2. The summed E-state index contributed by atoms with van der Waals surface area (Å²) in [6.45, 7) is 0. The van der Waals surface area contributed by atoms with Crippen LogP contribution in [0.15, 0.2) is 4.99 Å². The zero-order valence-electron chi connectivity index (χ0n) is 8.69. The van der Waals surface area contributed by atoms with Crippen molar-refractivity contribution in [3.63, 3.8) is 0 Å². The third-order valence-corrected chi connectivity index (χ3v) is 4.95. The maximum Gasteiger partial charge on any atom is 0.253 e. The lowest BCUT2D eigenvalue weighted by Gasteiger charge is -2.17. The number of sulfone groups is 1. The van der Waals surface area contributed by atoms with Crippen LogP contribution in [0, 0.1) is 0 Å². The van der Waals surface area contributed by atoms with Crippen LogP contribution in [0.25, 0.3) is 0 Å². The second-order valence-corrected chi connectivity index (χ2v) is 6.90. The molecule has 1 atom stereocenters. The Kier molecular flexibility index (Phi) is 1.87. The lowest BCUT2D eigenvalue weighted by molar-refractivity contribution is -0.123. The molecule has 7 heteroatoms. The van der Waals surface area contributed by atoms with Crippen LogP contribution < -0.4 is 10.6 Å². The zero-order chi connectivity index (χ0) is 11.4. The summed E-state index contributed by atoms with van der Waals surface area (Å²) in [6.07, 6.45) is 2.43. The monoisotopic (exact) mass is 243 g/mol. The molecule has 1 amide bonds. The van der Waals surface area contributed by atoms with Crippen molar-refractivity contribution in [2.45, 2.75) is 30.8 Å². The molecule has 2 heterocycles. The van der Waals surface area contributed by atoms with E-state index < -0.39 is 15.4 Å². The van der Waals surface area contributed by atoms with Gasteiger partial charge in [0.25, 0.3) is 5.91 Å². The molecule has 6 nitrogen and oxygen atoms in total. The quantitative estimate of drug-likeness (QED) is 0.604. The van der Waals surface area contributed by atoms with Gasteiger partial charge in [-0.3, -0.25) is 10.1 Å². The van der Waals surface area contributed by atoms with Gasteiger partial charge in [-0.15, -0.1) is 0 Å². The van der Waals surface area contributed by atoms with Gasteiger partial charge in [0.05, 0.1) is 17.5 Å². The summed E-state index contributed by atoms with van der Waals surface area (Å²) in [5.41, 5.74) is -0.952. The number of nitrogens with zero attached hydrogens (tertiary/aromatic N) is 1. The fourth-order valence-corrected chi connectivity index (χ4v) is 4.02. The summed E-state index contributed by atoms with van der Waals surface area (Å²) in [4.78, 5) is 16.1. The second kappa shape index (κ2) is 2.97. The minimum absolute atomic E-state index is 0.0735. The van der Waals surface area contributed by atoms with Crippen molar-refractivity contribution in [1.29, 1.82) is 0 Å². The van der Waals surface area contributed by atoms with E-state index in [2.05, 4.69) is 15.6 Å². The van der Waals surface area contributed by atoms with Crippen molar-refractivity contribution in [2.75, 3.05) is 11.5 Å². The Balaban J connectivity index is 1.85. The number of carbonyl (C=O) groups excluding carboxylic acids is 1. The lowest BCUT2D eigenvalue weighted by atomic mass is 10.0. The Bertz CT molecular complexity index is 480. The summed E-state index contributed by atoms with van der Waals surface area (Å²) >= 11 is 0. The van der Waals surface area contributed by atoms with Crippen LogP contribution in [-0.4, -0.2) is 43.4 Å². The molecule has 88 valence electrons. The maximum atomic E-state index is 11.8. The van der Waals surface area contributed by atoms with E-state index in [4.69, 9.17) is 0 Å². The largest absolute Gasteiger partial charge is 0.341 e. The van der Waals surface area contributed by atoms with Crippen LogP contribution in [0.1, 0.15) is 19.3 Å². The van der Waals surface area contributed by atoms with Crippen molar-refractivity contribution >= 4 is 21.7 Å². The van der Waals surface area contributed by atoms with Crippen LogP contribution in [0.2, 0.25) is 0 Å². The average molecular weight is 243 g/mol. The minimum Gasteiger partial charge on any atom is -0.341 e. The van der Waals surface area contributed by atoms with Gasteiger partial charge in [0.15, 0.2) is 15.8 Å². The molecule has 1 unspecified atom stereocenters. The SMILES string of the molecule is O=C1NC(=NC2CC2)NC12CCS(=O)(=O)C2. The average Bonchev–Trinajstić information content (AvgIpc) is 2.85. The summed E-state index contributed by atoms with van der Waals surface area (Å²) in [5.74, 6) is 0.150. The molecule has 0 aromatic rings. The number of hydrogen-bond acceptors (Lipinski definition) is 4. The van der Waals surface area contributed by atoms with Gasteiger partial charge in [-0.25, -0.2) is 13.4 Å². The molecule has 0 aromatic carbocycles. The van der Waals surface area contributed by atoms with Crippen LogP contribution in [0.5, 0.6) is 0 Å². The number of aliphatic imine (C=N–C) groups is 1. The maximum absolute atomic E-state index is 11.8. The van der Waals surface area contributed by atoms with Crippen LogP contribution in [-0.2, 0) is 14.6 Å². The van der Waals surface area contributed by atoms with Crippen molar-refractivity contribution in [2.24, 2.45) is 4.99 Å². The molecule has 3 rings (SSSR count). The molecule has 1 saturated carbocycles. The number of hydrogen-bond donors (Lipinski definition) is 2. The number of guanidine groups is 1. The molecule has 2 aliphatic heterocycles. The third-order valence-electron chi connectivity index (χ3n) is 3.19. The predicted molar refractivity (Wildman–Crippen MR) is 57.7 cm³/mol. The van der Waals surface area contributed by atoms with E-state index >= 15 is 0 Å². The second-order valence-electron chi connectivity index (χ2n) is 4.71. The van der Waals surface area contributed by atoms with Gasteiger partial charge in [0, 0.05) is 0 Å². The molecular formula is C9H13N3O3S. The highest BCUT2D eigenvalue weighted by atomic mass is 32.2. The van der Waals surface area contributed by atoms with E-state index in [1.54, 1.807) is 0 Å². The summed E-state index contributed by atoms with van der Waals surface area (Å²) in [6, 6.07) is 0.302. The van der Waals surface area contributed by atoms with E-state index in [0.29, 0.717) is 18.4 Å². The lowest BCUT2D eigenvalue weighted by Crippen LogP contribution is -2.48. The fraction of sp³-hybridized carbons (Fsp3) is 0.778. The smallest absolute Gasteiger partial charge is 0.253 e. The summed E-state index contributed by atoms with van der Waals surface area (Å²) < 4.78 is 22.8. The van der Waals surface area contributed by atoms with Gasteiger partial charge < -0.3 is 5.32 Å². The van der Waals surface area contributed by atoms with Gasteiger partial charge in [-0.1, -0.05) is 0 Å². The third kappa shape index (κ3) is 1.59. The van der Waals surface area contributed by atoms with Crippen molar-refractivity contribution in [3.8, 4) is 0 Å². The van der Waals surface area contributed by atoms with Crippen molar-refractivity contribution < 1.29 is 13.2 Å². The highest BCUT2D eigenvalue weighted by Crippen LogP contribution is 2.28. The van der Waals surface area contributed by atoms with Crippen LogP contribution in [0.4, 0.5) is 0 Å². The van der Waals surface area contributed by atoms with Gasteiger partial charge in [-0.2, -0.15) is 0 Å². The zero-order valence-corrected chi connectivity index (χ0v) is 9.51. The molecule has 0 radical (unpaired) electrons. The van der Waals surface area contributed by atoms with E-state index in [0.717, 1.165) is 12.8 Å². The minimum atomic E-state index is -3.09. The highest BCUT2D eigenvalue weighted by molar-refractivity contribution is 7.91. The Morgan fingerprint density at radius 3 is 2.69 bits per heavy atom. The van der Waals surface area contributed by atoms with Crippen molar-refractivity contribution in [3.05, 3.63) is 0 Å². The summed E-state index contributed by atoms with van der Waals surface area (Å²) in [7, 11) is -3.09. The molecule has 0 aromatic heterocycles. The predicted octanol–water partition coefficient (Wildman–Crippen LogP) is -1.22. The molecule has 1 aliphatic carbocycles. The van der Waals surface area contributed by atoms with E-state index in [9.17, 15) is 13.2 Å². The normalized spacial score (nSPS) is 39.0. The van der Waals surface area contributed by atoms with Crippen LogP contribution in [0.3, 0.4) is 0 Å². The molecule has 3 aliphatic rings. The molecule has 2 saturated heterocycles. The van der Waals surface area contributed by atoms with Crippen LogP contribution >= 0.6 is 0 Å². The molecule has 3 fully saturated rings. The number of rotatable bonds is 1. The molecular weight excluding hydrogens is 230 g/mol. The van der Waals surface area contributed by atoms with Gasteiger partial charge in [-0.05, 0) is 19.3 Å². The van der Waals surface area contributed by atoms with Gasteiger partial charge >= 0.3 is 0 Å². The highest BCUT2D eigenvalue weighted by Gasteiger charge is 2.52. The molecule has 0 bridgehead atoms. The van der Waals surface area contributed by atoms with Crippen molar-refractivity contribution in [1.82, 2.24) is 10.6 Å². The first-order chi connectivity index (χ1) is 7.49. The van der Waals surface area contributed by atoms with E-state index in [1.165, 1.54) is 0 Å². The van der Waals surface area contributed by atoms with Gasteiger partial charge in [0.1, 0.15) is 5.54 Å². The first-order valence-electron chi connectivity index (χ1n) is 5.37. The first-order valence-corrected chi connectivity index (χ1v) is 7.19. The van der Waals surface area contributed by atoms with Gasteiger partial charge in [0.2, 0.25) is 0 Å². The Hall–Kier alpha value is -1.11. The Labute approximate surface area is 93.4 Å². The molecule has 2 N–H and O–H groups in total.